The molecule has 0 saturated carbocycles. The van der Waals surface area contributed by atoms with Crippen molar-refractivity contribution in [3.05, 3.63) is 35.9 Å². The Morgan fingerprint density at radius 3 is 2.09 bits per heavy atom. The molecule has 32 heavy (non-hydrogen) atoms. The fraction of sp³-hybridized carbons (Fsp3) is 0.450. The van der Waals surface area contributed by atoms with E-state index in [1.54, 1.807) is 30.3 Å². The van der Waals surface area contributed by atoms with Crippen molar-refractivity contribution < 1.29 is 29.1 Å². The molecule has 0 aliphatic heterocycles. The standard InChI is InChI=1S/C20H29N5O6S/c1-32-8-7-13(24-19(29)14(10-16(22)26)23-17(27)11-21)18(28)25-15(20(30)31)9-12-5-3-2-4-6-12/h2-6,13-15H,7-11,21H2,1H3,(H2,22,26)(H,23,27)(H,24,29)(H,25,28)(H,30,31). The van der Waals surface area contributed by atoms with Crippen LogP contribution in [0.5, 0.6) is 0 Å². The molecule has 0 heterocycles. The molecule has 0 spiro atoms. The van der Waals surface area contributed by atoms with Crippen LogP contribution in [0.15, 0.2) is 30.3 Å². The monoisotopic (exact) mass is 467 g/mol. The smallest absolute Gasteiger partial charge is 0.326 e. The summed E-state index contributed by atoms with van der Waals surface area (Å²) in [5.74, 6) is -3.74. The lowest BCUT2D eigenvalue weighted by Crippen LogP contribution is -2.57. The first-order valence-electron chi connectivity index (χ1n) is 9.82. The van der Waals surface area contributed by atoms with Crippen molar-refractivity contribution in [2.45, 2.75) is 37.4 Å². The van der Waals surface area contributed by atoms with Gasteiger partial charge in [0.1, 0.15) is 18.1 Å². The van der Waals surface area contributed by atoms with E-state index < -0.39 is 60.7 Å². The van der Waals surface area contributed by atoms with E-state index in [0.717, 1.165) is 5.56 Å². The molecule has 176 valence electrons. The molecule has 1 aromatic rings. The number of carbonyl (C=O) groups is 5. The topological polar surface area (TPSA) is 194 Å². The van der Waals surface area contributed by atoms with Gasteiger partial charge >= 0.3 is 5.97 Å². The minimum atomic E-state index is -1.31. The molecular weight excluding hydrogens is 438 g/mol. The van der Waals surface area contributed by atoms with Crippen LogP contribution in [0.3, 0.4) is 0 Å². The van der Waals surface area contributed by atoms with Gasteiger partial charge in [0.15, 0.2) is 0 Å². The highest BCUT2D eigenvalue weighted by molar-refractivity contribution is 7.98. The third kappa shape index (κ3) is 9.79. The van der Waals surface area contributed by atoms with Crippen LogP contribution in [0.2, 0.25) is 0 Å². The summed E-state index contributed by atoms with van der Waals surface area (Å²) in [7, 11) is 0. The number of nitrogens with one attached hydrogen (secondary N) is 3. The third-order valence-corrected chi connectivity index (χ3v) is 5.03. The molecule has 0 radical (unpaired) electrons. The Bertz CT molecular complexity index is 807. The van der Waals surface area contributed by atoms with Crippen LogP contribution in [-0.4, -0.2) is 71.4 Å². The maximum atomic E-state index is 12.8. The van der Waals surface area contributed by atoms with E-state index in [9.17, 15) is 29.1 Å². The zero-order valence-corrected chi connectivity index (χ0v) is 18.5. The number of amides is 4. The van der Waals surface area contributed by atoms with Crippen LogP contribution in [0.1, 0.15) is 18.4 Å². The fourth-order valence-electron chi connectivity index (χ4n) is 2.76. The third-order valence-electron chi connectivity index (χ3n) is 4.38. The first-order valence-corrected chi connectivity index (χ1v) is 11.2. The largest absolute Gasteiger partial charge is 0.480 e. The van der Waals surface area contributed by atoms with Crippen molar-refractivity contribution in [3.63, 3.8) is 0 Å². The molecule has 12 heteroatoms. The van der Waals surface area contributed by atoms with Gasteiger partial charge in [0.2, 0.25) is 23.6 Å². The zero-order valence-electron chi connectivity index (χ0n) is 17.7. The Morgan fingerprint density at radius 2 is 1.56 bits per heavy atom. The number of carboxylic acid groups (broad SMARTS) is 1. The van der Waals surface area contributed by atoms with Crippen molar-refractivity contribution >= 4 is 41.4 Å². The van der Waals surface area contributed by atoms with Crippen LogP contribution < -0.4 is 27.4 Å². The van der Waals surface area contributed by atoms with Crippen LogP contribution in [0.4, 0.5) is 0 Å². The van der Waals surface area contributed by atoms with E-state index in [1.807, 2.05) is 6.26 Å². The Labute approximate surface area is 190 Å². The van der Waals surface area contributed by atoms with Crippen LogP contribution in [0, 0.1) is 0 Å². The average Bonchev–Trinajstić information content (AvgIpc) is 2.75. The summed E-state index contributed by atoms with van der Waals surface area (Å²) in [6.07, 6.45) is 1.58. The lowest BCUT2D eigenvalue weighted by Gasteiger charge is -2.24. The van der Waals surface area contributed by atoms with Gasteiger partial charge in [0.25, 0.3) is 0 Å². The number of thioether (sulfide) groups is 1. The second-order valence-electron chi connectivity index (χ2n) is 6.93. The van der Waals surface area contributed by atoms with E-state index in [-0.39, 0.29) is 12.8 Å². The summed E-state index contributed by atoms with van der Waals surface area (Å²) < 4.78 is 0. The Hall–Kier alpha value is -3.12. The second-order valence-corrected chi connectivity index (χ2v) is 7.91. The summed E-state index contributed by atoms with van der Waals surface area (Å²) in [5, 5.41) is 16.7. The van der Waals surface area contributed by atoms with Crippen LogP contribution >= 0.6 is 11.8 Å². The summed E-state index contributed by atoms with van der Waals surface area (Å²) >= 11 is 1.43. The van der Waals surface area contributed by atoms with Gasteiger partial charge in [0, 0.05) is 6.42 Å². The maximum absolute atomic E-state index is 12.8. The molecule has 1 aromatic carbocycles. The molecular formula is C20H29N5O6S. The van der Waals surface area contributed by atoms with E-state index in [0.29, 0.717) is 5.75 Å². The number of rotatable bonds is 14. The van der Waals surface area contributed by atoms with E-state index in [4.69, 9.17) is 11.5 Å². The van der Waals surface area contributed by atoms with Gasteiger partial charge in [-0.1, -0.05) is 30.3 Å². The molecule has 0 aliphatic rings. The molecule has 3 atom stereocenters. The van der Waals surface area contributed by atoms with Gasteiger partial charge in [-0.25, -0.2) is 4.79 Å². The minimum absolute atomic E-state index is 0.0575. The highest BCUT2D eigenvalue weighted by Gasteiger charge is 2.30. The van der Waals surface area contributed by atoms with Crippen molar-refractivity contribution in [2.24, 2.45) is 11.5 Å². The number of aliphatic carboxylic acids is 1. The molecule has 4 amide bonds. The van der Waals surface area contributed by atoms with Gasteiger partial charge in [-0.3, -0.25) is 19.2 Å². The van der Waals surface area contributed by atoms with Crippen molar-refractivity contribution in [2.75, 3.05) is 18.6 Å². The predicted octanol–water partition coefficient (Wildman–Crippen LogP) is -1.64. The van der Waals surface area contributed by atoms with Gasteiger partial charge in [-0.05, 0) is 24.0 Å². The Balaban J connectivity index is 2.94. The lowest BCUT2D eigenvalue weighted by atomic mass is 10.0. The Morgan fingerprint density at radius 1 is 0.969 bits per heavy atom. The number of nitrogens with two attached hydrogens (primary N) is 2. The molecule has 0 aromatic heterocycles. The molecule has 0 fully saturated rings. The minimum Gasteiger partial charge on any atom is -0.480 e. The van der Waals surface area contributed by atoms with Crippen LogP contribution in [-0.2, 0) is 30.4 Å². The lowest BCUT2D eigenvalue weighted by molar-refractivity contribution is -0.142. The van der Waals surface area contributed by atoms with Gasteiger partial charge < -0.3 is 32.5 Å². The normalized spacial score (nSPS) is 13.3. The van der Waals surface area contributed by atoms with E-state index in [2.05, 4.69) is 16.0 Å². The number of hydrogen-bond acceptors (Lipinski definition) is 7. The van der Waals surface area contributed by atoms with Crippen molar-refractivity contribution in [1.82, 2.24) is 16.0 Å². The molecule has 0 saturated heterocycles. The second kappa shape index (κ2) is 14.0. The number of carbonyl (C=O) groups excluding carboxylic acids is 4. The Kier molecular flexibility index (Phi) is 11.8. The van der Waals surface area contributed by atoms with E-state index in [1.165, 1.54) is 11.8 Å². The summed E-state index contributed by atoms with van der Waals surface area (Å²) in [6, 6.07) is 5.17. The highest BCUT2D eigenvalue weighted by atomic mass is 32.2. The highest BCUT2D eigenvalue weighted by Crippen LogP contribution is 2.07. The van der Waals surface area contributed by atoms with Crippen LogP contribution in [0.25, 0.3) is 0 Å². The van der Waals surface area contributed by atoms with Crippen molar-refractivity contribution in [1.29, 1.82) is 0 Å². The van der Waals surface area contributed by atoms with Gasteiger partial charge in [0.05, 0.1) is 13.0 Å². The predicted molar refractivity (Wildman–Crippen MR) is 119 cm³/mol. The fourth-order valence-corrected chi connectivity index (χ4v) is 3.23. The van der Waals surface area contributed by atoms with Crippen molar-refractivity contribution in [3.8, 4) is 0 Å². The quantitative estimate of drug-likeness (QED) is 0.187. The molecule has 1 rings (SSSR count). The van der Waals surface area contributed by atoms with E-state index >= 15 is 0 Å². The molecule has 3 unspecified atom stereocenters. The van der Waals surface area contributed by atoms with Gasteiger partial charge in [-0.2, -0.15) is 11.8 Å². The molecule has 0 bridgehead atoms. The SMILES string of the molecule is CSCCC(NC(=O)C(CC(N)=O)NC(=O)CN)C(=O)NC(Cc1ccccc1)C(=O)O. The number of primary amides is 1. The average molecular weight is 468 g/mol. The summed E-state index contributed by atoms with van der Waals surface area (Å²) in [5.41, 5.74) is 11.1. The first-order chi connectivity index (χ1) is 15.2. The number of hydrogen-bond donors (Lipinski definition) is 6. The summed E-state index contributed by atoms with van der Waals surface area (Å²) in [6.45, 7) is -0.404. The number of carboxylic acids is 1. The zero-order chi connectivity index (χ0) is 24.1. The van der Waals surface area contributed by atoms with Gasteiger partial charge in [-0.15, -0.1) is 0 Å². The molecule has 11 nitrogen and oxygen atoms in total. The summed E-state index contributed by atoms with van der Waals surface area (Å²) in [4.78, 5) is 60.0. The molecule has 0 aliphatic carbocycles. The maximum Gasteiger partial charge on any atom is 0.326 e. The first kappa shape index (κ1) is 26.9. The molecule has 8 N–H and O–H groups in total. The number of benzene rings is 1.